The molecule has 9 nitrogen and oxygen atoms in total. The molecule has 1 fully saturated rings. The van der Waals surface area contributed by atoms with Gasteiger partial charge in [-0.05, 0) is 63.4 Å². The molecule has 2 aliphatic rings. The lowest BCUT2D eigenvalue weighted by Gasteiger charge is -2.28. The van der Waals surface area contributed by atoms with Gasteiger partial charge in [-0.25, -0.2) is 22.0 Å². The molecule has 2 aromatic heterocycles. The number of hydrogen-bond donors (Lipinski definition) is 1. The van der Waals surface area contributed by atoms with Crippen LogP contribution in [0, 0.1) is 5.82 Å². The monoisotopic (exact) mass is 516 g/mol. The first kappa shape index (κ1) is 24.4. The Morgan fingerprint density at radius 3 is 2.72 bits per heavy atom. The van der Waals surface area contributed by atoms with Crippen LogP contribution in [0.5, 0.6) is 11.5 Å². The van der Waals surface area contributed by atoms with Crippen molar-refractivity contribution in [2.45, 2.75) is 50.8 Å². The number of ether oxygens (including phenoxy) is 2. The highest BCUT2D eigenvalue weighted by atomic mass is 32.2. The van der Waals surface area contributed by atoms with E-state index in [2.05, 4.69) is 14.7 Å². The topological polar surface area (TPSA) is 102 Å². The molecular weight excluding hydrogens is 487 g/mol. The molecular formula is C25H29FN4O5S. The van der Waals surface area contributed by atoms with E-state index < -0.39 is 26.5 Å². The zero-order chi connectivity index (χ0) is 25.7. The summed E-state index contributed by atoms with van der Waals surface area (Å²) >= 11 is 0. The van der Waals surface area contributed by atoms with Gasteiger partial charge in [0.25, 0.3) is 5.91 Å². The Balaban J connectivity index is 1.47. The van der Waals surface area contributed by atoms with Crippen LogP contribution < -0.4 is 19.1 Å². The third-order valence-corrected chi connectivity index (χ3v) is 8.64. The van der Waals surface area contributed by atoms with Gasteiger partial charge in [-0.15, -0.1) is 0 Å². The Bertz CT molecular complexity index is 1430. The van der Waals surface area contributed by atoms with E-state index in [1.165, 1.54) is 37.5 Å². The lowest BCUT2D eigenvalue weighted by atomic mass is 10.0. The smallest absolute Gasteiger partial charge is 0.268 e. The minimum atomic E-state index is -3.88. The van der Waals surface area contributed by atoms with Crippen LogP contribution in [0.1, 0.15) is 62.0 Å². The van der Waals surface area contributed by atoms with Crippen LogP contribution in [0.2, 0.25) is 0 Å². The van der Waals surface area contributed by atoms with Gasteiger partial charge >= 0.3 is 0 Å². The lowest BCUT2D eigenvalue weighted by Crippen LogP contribution is -2.42. The number of carbonyl (C=O) groups is 1. The van der Waals surface area contributed by atoms with Crippen LogP contribution in [0.3, 0.4) is 0 Å². The predicted octanol–water partition coefficient (Wildman–Crippen LogP) is 3.83. The van der Waals surface area contributed by atoms with Gasteiger partial charge in [0, 0.05) is 24.8 Å². The number of sulfonamides is 1. The molecule has 1 unspecified atom stereocenters. The van der Waals surface area contributed by atoms with Crippen molar-refractivity contribution in [3.8, 4) is 11.5 Å². The summed E-state index contributed by atoms with van der Waals surface area (Å²) in [5, 5.41) is 4.21. The molecule has 0 bridgehead atoms. The van der Waals surface area contributed by atoms with Crippen molar-refractivity contribution >= 4 is 27.1 Å². The fraction of sp³-hybridized carbons (Fsp3) is 0.440. The van der Waals surface area contributed by atoms with E-state index in [4.69, 9.17) is 9.47 Å². The number of anilines is 1. The average molecular weight is 517 g/mol. The zero-order valence-electron chi connectivity index (χ0n) is 20.5. The number of nitrogens with one attached hydrogen (secondary N) is 1. The Morgan fingerprint density at radius 2 is 1.94 bits per heavy atom. The summed E-state index contributed by atoms with van der Waals surface area (Å²) in [6, 6.07) is 6.94. The Hall–Kier alpha value is -3.34. The number of carbonyl (C=O) groups excluding carboxylic acids is 1. The Morgan fingerprint density at radius 1 is 1.17 bits per heavy atom. The number of fused-ring (bicyclic) bond motifs is 2. The zero-order valence-corrected chi connectivity index (χ0v) is 21.3. The minimum absolute atomic E-state index is 0.0967. The highest BCUT2D eigenvalue weighted by Gasteiger charge is 2.33. The molecule has 1 amide bonds. The number of rotatable bonds is 4. The fourth-order valence-corrected chi connectivity index (χ4v) is 5.18. The van der Waals surface area contributed by atoms with Gasteiger partial charge in [-0.1, -0.05) is 0 Å². The Labute approximate surface area is 209 Å². The summed E-state index contributed by atoms with van der Waals surface area (Å²) in [4.78, 5) is 15.0. The molecule has 0 spiro atoms. The van der Waals surface area contributed by atoms with Crippen LogP contribution in [-0.4, -0.2) is 48.4 Å². The molecule has 0 aliphatic carbocycles. The molecule has 192 valence electrons. The van der Waals surface area contributed by atoms with Crippen LogP contribution >= 0.6 is 0 Å². The average Bonchev–Trinajstić information content (AvgIpc) is 3.39. The van der Waals surface area contributed by atoms with Gasteiger partial charge in [-0.3, -0.25) is 4.79 Å². The lowest BCUT2D eigenvalue weighted by molar-refractivity contribution is 0.0982. The molecule has 11 heteroatoms. The molecule has 1 aromatic carbocycles. The SMILES string of the molecule is CC(C)(C)S(=O)(=O)NC(=O)c1cnn2ccc(N3CCCC3c3cc(F)c4c(c3)OCCCO4)cc12. The van der Waals surface area contributed by atoms with E-state index in [0.29, 0.717) is 30.9 Å². The fourth-order valence-electron chi connectivity index (χ4n) is 4.52. The summed E-state index contributed by atoms with van der Waals surface area (Å²) in [6.45, 7) is 6.19. The summed E-state index contributed by atoms with van der Waals surface area (Å²) < 4.78 is 53.7. The largest absolute Gasteiger partial charge is 0.489 e. The van der Waals surface area contributed by atoms with Gasteiger partial charge in [-0.2, -0.15) is 5.10 Å². The molecule has 3 aromatic rings. The minimum Gasteiger partial charge on any atom is -0.489 e. The molecule has 1 atom stereocenters. The van der Waals surface area contributed by atoms with E-state index in [-0.39, 0.29) is 17.4 Å². The normalized spacial score (nSPS) is 18.3. The van der Waals surface area contributed by atoms with Crippen molar-refractivity contribution in [2.75, 3.05) is 24.7 Å². The van der Waals surface area contributed by atoms with E-state index in [1.807, 2.05) is 18.2 Å². The van der Waals surface area contributed by atoms with Gasteiger partial charge in [0.05, 0.1) is 41.3 Å². The maximum Gasteiger partial charge on any atom is 0.268 e. The van der Waals surface area contributed by atoms with E-state index >= 15 is 0 Å². The van der Waals surface area contributed by atoms with Crippen LogP contribution in [-0.2, 0) is 10.0 Å². The number of halogens is 1. The van der Waals surface area contributed by atoms with Gasteiger partial charge in [0.2, 0.25) is 10.0 Å². The number of amides is 1. The third kappa shape index (κ3) is 4.36. The number of nitrogens with zero attached hydrogens (tertiary/aromatic N) is 3. The summed E-state index contributed by atoms with van der Waals surface area (Å²) in [6.07, 6.45) is 5.50. The molecule has 36 heavy (non-hydrogen) atoms. The summed E-state index contributed by atoms with van der Waals surface area (Å²) in [7, 11) is -3.88. The van der Waals surface area contributed by atoms with Crippen molar-refractivity contribution < 1.29 is 27.1 Å². The number of pyridine rings is 1. The standard InChI is InChI=1S/C25H29FN4O5S/c1-25(2,3)36(32,33)28-24(31)18-15-27-30-9-7-17(14-21(18)30)29-8-4-6-20(29)16-12-19(26)23-22(13-16)34-10-5-11-35-23/h7,9,12-15,20H,4-6,8,10-11H2,1-3H3,(H,28,31). The summed E-state index contributed by atoms with van der Waals surface area (Å²) in [5.41, 5.74) is 2.24. The van der Waals surface area contributed by atoms with E-state index in [0.717, 1.165) is 30.6 Å². The second kappa shape index (κ2) is 8.95. The van der Waals surface area contributed by atoms with Crippen LogP contribution in [0.15, 0.2) is 36.7 Å². The number of hydrogen-bond acceptors (Lipinski definition) is 7. The van der Waals surface area contributed by atoms with E-state index in [9.17, 15) is 17.6 Å². The second-order valence-corrected chi connectivity index (χ2v) is 12.5. The van der Waals surface area contributed by atoms with Crippen molar-refractivity contribution in [3.05, 3.63) is 53.6 Å². The maximum absolute atomic E-state index is 14.9. The highest BCUT2D eigenvalue weighted by Crippen LogP contribution is 2.41. The van der Waals surface area contributed by atoms with Gasteiger partial charge in [0.1, 0.15) is 0 Å². The molecule has 1 saturated heterocycles. The second-order valence-electron chi connectivity index (χ2n) is 10.1. The quantitative estimate of drug-likeness (QED) is 0.562. The molecule has 1 N–H and O–H groups in total. The molecule has 0 saturated carbocycles. The van der Waals surface area contributed by atoms with Crippen molar-refractivity contribution in [2.24, 2.45) is 0 Å². The first-order valence-electron chi connectivity index (χ1n) is 11.9. The van der Waals surface area contributed by atoms with Crippen molar-refractivity contribution in [1.29, 1.82) is 0 Å². The van der Waals surface area contributed by atoms with Gasteiger partial charge < -0.3 is 14.4 Å². The third-order valence-electron chi connectivity index (χ3n) is 6.58. The molecule has 5 rings (SSSR count). The molecule has 0 radical (unpaired) electrons. The van der Waals surface area contributed by atoms with Crippen LogP contribution in [0.25, 0.3) is 5.52 Å². The predicted molar refractivity (Wildman–Crippen MR) is 133 cm³/mol. The molecule has 2 aliphatic heterocycles. The van der Waals surface area contributed by atoms with E-state index in [1.54, 1.807) is 6.20 Å². The maximum atomic E-state index is 14.9. The van der Waals surface area contributed by atoms with Crippen molar-refractivity contribution in [1.82, 2.24) is 14.3 Å². The molecule has 4 heterocycles. The first-order valence-corrected chi connectivity index (χ1v) is 13.4. The van der Waals surface area contributed by atoms with Crippen molar-refractivity contribution in [3.63, 3.8) is 0 Å². The number of aromatic nitrogens is 2. The number of benzene rings is 1. The highest BCUT2D eigenvalue weighted by molar-refractivity contribution is 7.91. The first-order chi connectivity index (χ1) is 17.0. The summed E-state index contributed by atoms with van der Waals surface area (Å²) in [5.74, 6) is -0.608. The Kier molecular flexibility index (Phi) is 6.06. The van der Waals surface area contributed by atoms with Gasteiger partial charge in [0.15, 0.2) is 17.3 Å². The van der Waals surface area contributed by atoms with Crippen LogP contribution in [0.4, 0.5) is 10.1 Å².